The number of hydrogen-bond acceptors (Lipinski definition) is 5. The van der Waals surface area contributed by atoms with Crippen molar-refractivity contribution in [3.63, 3.8) is 0 Å². The Morgan fingerprint density at radius 2 is 1.53 bits per heavy atom. The first-order valence-electron chi connectivity index (χ1n) is 9.30. The second kappa shape index (κ2) is 7.66. The summed E-state index contributed by atoms with van der Waals surface area (Å²) in [6.07, 6.45) is 0.438. The van der Waals surface area contributed by atoms with E-state index in [0.717, 1.165) is 12.1 Å². The minimum Gasteiger partial charge on any atom is -0.339 e. The zero-order chi connectivity index (χ0) is 21.4. The molecule has 30 heavy (non-hydrogen) atoms. The summed E-state index contributed by atoms with van der Waals surface area (Å²) in [5.41, 5.74) is 0.0810. The Bertz CT molecular complexity index is 1030. The van der Waals surface area contributed by atoms with Crippen LogP contribution in [-0.2, 0) is 9.63 Å². The zero-order valence-electron chi connectivity index (χ0n) is 15.6. The molecule has 2 aromatic rings. The number of amides is 3. The third-order valence-electron chi connectivity index (χ3n) is 5.22. The Morgan fingerprint density at radius 3 is 2.10 bits per heavy atom. The van der Waals surface area contributed by atoms with Crippen LogP contribution in [0.1, 0.15) is 43.9 Å². The molecule has 4 rings (SSSR count). The van der Waals surface area contributed by atoms with Gasteiger partial charge in [0.05, 0.1) is 22.6 Å². The third kappa shape index (κ3) is 3.42. The van der Waals surface area contributed by atoms with E-state index in [1.165, 1.54) is 17.0 Å². The number of halogens is 2. The molecule has 1 fully saturated rings. The molecule has 1 saturated heterocycles. The summed E-state index contributed by atoms with van der Waals surface area (Å²) in [5.74, 6) is -5.11. The van der Waals surface area contributed by atoms with Crippen molar-refractivity contribution in [3.8, 4) is 0 Å². The quantitative estimate of drug-likeness (QED) is 0.721. The highest BCUT2D eigenvalue weighted by Gasteiger charge is 2.40. The number of piperidine rings is 1. The Morgan fingerprint density at radius 1 is 0.933 bits per heavy atom. The van der Waals surface area contributed by atoms with Gasteiger partial charge in [-0.25, -0.2) is 13.6 Å². The average molecular weight is 414 g/mol. The van der Waals surface area contributed by atoms with Crippen LogP contribution < -0.4 is 0 Å². The summed E-state index contributed by atoms with van der Waals surface area (Å²) >= 11 is 0. The van der Waals surface area contributed by atoms with E-state index in [9.17, 15) is 28.0 Å². The van der Waals surface area contributed by atoms with Crippen LogP contribution in [0.5, 0.6) is 0 Å². The van der Waals surface area contributed by atoms with Gasteiger partial charge in [0, 0.05) is 19.2 Å². The van der Waals surface area contributed by atoms with Crippen LogP contribution in [0.4, 0.5) is 8.78 Å². The predicted octanol–water partition coefficient (Wildman–Crippen LogP) is 2.57. The normalized spacial score (nSPS) is 16.6. The van der Waals surface area contributed by atoms with Gasteiger partial charge >= 0.3 is 5.97 Å². The molecule has 0 radical (unpaired) electrons. The van der Waals surface area contributed by atoms with Gasteiger partial charge in [-0.1, -0.05) is 17.2 Å². The van der Waals surface area contributed by atoms with Crippen LogP contribution in [0.25, 0.3) is 0 Å². The fraction of sp³-hybridized carbons (Fsp3) is 0.238. The SMILES string of the molecule is O=C(ON1C(=O)c2ccccc2C1=O)C1CCN(C(=O)c2ccc(F)cc2F)CC1. The van der Waals surface area contributed by atoms with Crippen molar-refractivity contribution in [2.24, 2.45) is 5.92 Å². The predicted molar refractivity (Wildman–Crippen MR) is 98.0 cm³/mol. The van der Waals surface area contributed by atoms with Crippen LogP contribution in [0.2, 0.25) is 0 Å². The Labute approximate surface area is 169 Å². The summed E-state index contributed by atoms with van der Waals surface area (Å²) in [6, 6.07) is 8.87. The van der Waals surface area contributed by atoms with Gasteiger partial charge in [0.25, 0.3) is 17.7 Å². The van der Waals surface area contributed by atoms with Gasteiger partial charge in [-0.2, -0.15) is 0 Å². The molecule has 0 aliphatic carbocycles. The van der Waals surface area contributed by atoms with E-state index in [0.29, 0.717) is 11.1 Å². The van der Waals surface area contributed by atoms with E-state index in [1.807, 2.05) is 0 Å². The molecule has 0 aromatic heterocycles. The number of likely N-dealkylation sites (tertiary alicyclic amines) is 1. The van der Waals surface area contributed by atoms with E-state index in [4.69, 9.17) is 4.84 Å². The standard InChI is InChI=1S/C21H16F2N2O5/c22-13-5-6-16(17(23)11-13)18(26)24-9-7-12(8-10-24)21(29)30-25-19(27)14-3-1-2-4-15(14)20(25)28/h1-6,11-12H,7-10H2. The maximum Gasteiger partial charge on any atom is 0.336 e. The molecule has 2 heterocycles. The van der Waals surface area contributed by atoms with Crippen LogP contribution in [0.3, 0.4) is 0 Å². The van der Waals surface area contributed by atoms with Crippen molar-refractivity contribution >= 4 is 23.7 Å². The van der Waals surface area contributed by atoms with E-state index >= 15 is 0 Å². The molecule has 0 spiro atoms. The number of hydroxylamine groups is 2. The highest BCUT2D eigenvalue weighted by Crippen LogP contribution is 2.26. The lowest BCUT2D eigenvalue weighted by molar-refractivity contribution is -0.175. The van der Waals surface area contributed by atoms with Crippen molar-refractivity contribution in [1.82, 2.24) is 9.96 Å². The number of nitrogens with zero attached hydrogens (tertiary/aromatic N) is 2. The summed E-state index contributed by atoms with van der Waals surface area (Å²) in [6.45, 7) is 0.301. The van der Waals surface area contributed by atoms with Gasteiger partial charge in [0.15, 0.2) is 0 Å². The monoisotopic (exact) mass is 414 g/mol. The fourth-order valence-electron chi connectivity index (χ4n) is 3.57. The first-order chi connectivity index (χ1) is 14.4. The zero-order valence-corrected chi connectivity index (χ0v) is 15.6. The van der Waals surface area contributed by atoms with Crippen molar-refractivity contribution in [1.29, 1.82) is 0 Å². The number of benzene rings is 2. The van der Waals surface area contributed by atoms with Crippen LogP contribution in [0.15, 0.2) is 42.5 Å². The molecular weight excluding hydrogens is 398 g/mol. The van der Waals surface area contributed by atoms with Gasteiger partial charge in [0.1, 0.15) is 11.6 Å². The highest BCUT2D eigenvalue weighted by atomic mass is 19.1. The average Bonchev–Trinajstić information content (AvgIpc) is 2.98. The maximum atomic E-state index is 13.8. The molecule has 3 amide bonds. The molecule has 2 aromatic carbocycles. The lowest BCUT2D eigenvalue weighted by Gasteiger charge is -2.31. The molecule has 0 atom stereocenters. The van der Waals surface area contributed by atoms with Crippen molar-refractivity contribution < 1.29 is 32.8 Å². The molecule has 0 unspecified atom stereocenters. The summed E-state index contributed by atoms with van der Waals surface area (Å²) in [5, 5.41) is 0.457. The van der Waals surface area contributed by atoms with E-state index in [2.05, 4.69) is 0 Å². The van der Waals surface area contributed by atoms with Gasteiger partial charge in [0.2, 0.25) is 0 Å². The van der Waals surface area contributed by atoms with Crippen LogP contribution in [0, 0.1) is 17.6 Å². The minimum absolute atomic E-state index is 0.150. The molecule has 7 nitrogen and oxygen atoms in total. The lowest BCUT2D eigenvalue weighted by atomic mass is 9.96. The number of fused-ring (bicyclic) bond motifs is 1. The summed E-state index contributed by atoms with van der Waals surface area (Å²) in [4.78, 5) is 55.9. The molecular formula is C21H16F2N2O5. The molecule has 0 N–H and O–H groups in total. The van der Waals surface area contributed by atoms with Crippen molar-refractivity contribution in [2.45, 2.75) is 12.8 Å². The second-order valence-corrected chi connectivity index (χ2v) is 7.05. The Kier molecular flexibility index (Phi) is 5.03. The van der Waals surface area contributed by atoms with E-state index in [-0.39, 0.29) is 42.6 Å². The molecule has 0 bridgehead atoms. The number of hydrogen-bond donors (Lipinski definition) is 0. The summed E-state index contributed by atoms with van der Waals surface area (Å²) < 4.78 is 26.9. The van der Waals surface area contributed by atoms with E-state index in [1.54, 1.807) is 12.1 Å². The molecule has 154 valence electrons. The lowest BCUT2D eigenvalue weighted by Crippen LogP contribution is -2.42. The Hall–Kier alpha value is -3.62. The van der Waals surface area contributed by atoms with Crippen molar-refractivity contribution in [3.05, 3.63) is 70.8 Å². The number of carbonyl (C=O) groups excluding carboxylic acids is 4. The number of imide groups is 1. The first kappa shape index (κ1) is 19.7. The first-order valence-corrected chi connectivity index (χ1v) is 9.30. The summed E-state index contributed by atoms with van der Waals surface area (Å²) in [7, 11) is 0. The van der Waals surface area contributed by atoms with Gasteiger partial charge in [-0.05, 0) is 37.1 Å². The van der Waals surface area contributed by atoms with Gasteiger partial charge < -0.3 is 9.74 Å². The molecule has 2 aliphatic rings. The van der Waals surface area contributed by atoms with E-state index < -0.39 is 41.2 Å². The fourth-order valence-corrected chi connectivity index (χ4v) is 3.57. The largest absolute Gasteiger partial charge is 0.339 e. The second-order valence-electron chi connectivity index (χ2n) is 7.05. The number of carbonyl (C=O) groups is 4. The van der Waals surface area contributed by atoms with Crippen molar-refractivity contribution in [2.75, 3.05) is 13.1 Å². The van der Waals surface area contributed by atoms with Gasteiger partial charge in [-0.15, -0.1) is 0 Å². The minimum atomic E-state index is -0.952. The van der Waals surface area contributed by atoms with Crippen LogP contribution >= 0.6 is 0 Å². The third-order valence-corrected chi connectivity index (χ3v) is 5.22. The van der Waals surface area contributed by atoms with Crippen LogP contribution in [-0.4, -0.2) is 46.7 Å². The molecule has 9 heteroatoms. The maximum absolute atomic E-state index is 13.8. The van der Waals surface area contributed by atoms with Gasteiger partial charge in [-0.3, -0.25) is 14.4 Å². The molecule has 2 aliphatic heterocycles. The molecule has 0 saturated carbocycles. The number of rotatable bonds is 3. The Balaban J connectivity index is 1.37. The highest BCUT2D eigenvalue weighted by molar-refractivity contribution is 6.20. The smallest absolute Gasteiger partial charge is 0.336 e. The topological polar surface area (TPSA) is 84.0 Å².